The lowest BCUT2D eigenvalue weighted by Gasteiger charge is -2.43. The molecule has 2 amide bonds. The van der Waals surface area contributed by atoms with E-state index in [1.54, 1.807) is 12.1 Å². The van der Waals surface area contributed by atoms with Gasteiger partial charge in [-0.15, -0.1) is 0 Å². The molecule has 0 bridgehead atoms. The van der Waals surface area contributed by atoms with Crippen LogP contribution < -0.4 is 5.32 Å². The van der Waals surface area contributed by atoms with E-state index in [2.05, 4.69) is 5.32 Å². The standard InChI is InChI=1S/C15H20N2O3/c1-15(2)9-6-10-17(12(15)13(18)19)14(20)16-11-7-4-3-5-8-11/h3-5,7-8,12H,6,9-10H2,1-2H3,(H,16,20)(H,18,19). The molecule has 1 aliphatic rings. The van der Waals surface area contributed by atoms with Crippen LogP contribution in [0.1, 0.15) is 26.7 Å². The summed E-state index contributed by atoms with van der Waals surface area (Å²) in [6.45, 7) is 4.26. The van der Waals surface area contributed by atoms with Gasteiger partial charge in [0, 0.05) is 12.2 Å². The van der Waals surface area contributed by atoms with Crippen molar-refractivity contribution in [2.75, 3.05) is 11.9 Å². The number of carboxylic acid groups (broad SMARTS) is 1. The largest absolute Gasteiger partial charge is 0.480 e. The highest BCUT2D eigenvalue weighted by molar-refractivity contribution is 5.92. The monoisotopic (exact) mass is 276 g/mol. The highest BCUT2D eigenvalue weighted by Gasteiger charge is 2.44. The van der Waals surface area contributed by atoms with E-state index >= 15 is 0 Å². The van der Waals surface area contributed by atoms with Gasteiger partial charge >= 0.3 is 12.0 Å². The number of hydrogen-bond acceptors (Lipinski definition) is 2. The predicted octanol–water partition coefficient (Wildman–Crippen LogP) is 2.79. The molecule has 5 nitrogen and oxygen atoms in total. The van der Waals surface area contributed by atoms with E-state index in [-0.39, 0.29) is 6.03 Å². The Morgan fingerprint density at radius 3 is 2.55 bits per heavy atom. The van der Waals surface area contributed by atoms with Gasteiger partial charge in [0.1, 0.15) is 6.04 Å². The fourth-order valence-electron chi connectivity index (χ4n) is 2.80. The fraction of sp³-hybridized carbons (Fsp3) is 0.467. The molecule has 0 radical (unpaired) electrons. The zero-order valence-corrected chi connectivity index (χ0v) is 11.8. The first-order chi connectivity index (χ1) is 9.42. The van der Waals surface area contributed by atoms with E-state index in [1.807, 2.05) is 32.0 Å². The molecule has 1 aliphatic heterocycles. The lowest BCUT2D eigenvalue weighted by Crippen LogP contribution is -2.57. The average Bonchev–Trinajstić information content (AvgIpc) is 2.37. The summed E-state index contributed by atoms with van der Waals surface area (Å²) in [6.07, 6.45) is 1.62. The Morgan fingerprint density at radius 1 is 1.30 bits per heavy atom. The highest BCUT2D eigenvalue weighted by atomic mass is 16.4. The summed E-state index contributed by atoms with van der Waals surface area (Å²) in [5, 5.41) is 12.2. The smallest absolute Gasteiger partial charge is 0.327 e. The summed E-state index contributed by atoms with van der Waals surface area (Å²) >= 11 is 0. The van der Waals surface area contributed by atoms with Gasteiger partial charge in [-0.3, -0.25) is 0 Å². The van der Waals surface area contributed by atoms with Crippen molar-refractivity contribution in [2.24, 2.45) is 5.41 Å². The number of carboxylic acids is 1. The van der Waals surface area contributed by atoms with Crippen LogP contribution in [0, 0.1) is 5.41 Å². The molecule has 1 heterocycles. The summed E-state index contributed by atoms with van der Waals surface area (Å²) in [6, 6.07) is 7.93. The Labute approximate surface area is 118 Å². The number of para-hydroxylation sites is 1. The van der Waals surface area contributed by atoms with Crippen molar-refractivity contribution in [2.45, 2.75) is 32.7 Å². The Balaban J connectivity index is 2.17. The molecular formula is C15H20N2O3. The number of likely N-dealkylation sites (tertiary alicyclic amines) is 1. The Kier molecular flexibility index (Phi) is 3.97. The van der Waals surface area contributed by atoms with Crippen molar-refractivity contribution in [3.05, 3.63) is 30.3 Å². The number of aliphatic carboxylic acids is 1. The first-order valence-electron chi connectivity index (χ1n) is 6.77. The van der Waals surface area contributed by atoms with Gasteiger partial charge in [-0.05, 0) is 30.4 Å². The van der Waals surface area contributed by atoms with Gasteiger partial charge in [-0.25, -0.2) is 9.59 Å². The van der Waals surface area contributed by atoms with Gasteiger partial charge in [0.05, 0.1) is 0 Å². The van der Waals surface area contributed by atoms with Gasteiger partial charge in [-0.1, -0.05) is 32.0 Å². The minimum atomic E-state index is -0.946. The summed E-state index contributed by atoms with van der Waals surface area (Å²) < 4.78 is 0. The van der Waals surface area contributed by atoms with E-state index in [1.165, 1.54) is 4.90 Å². The van der Waals surface area contributed by atoms with Gasteiger partial charge in [-0.2, -0.15) is 0 Å². The van der Waals surface area contributed by atoms with Crippen LogP contribution in [-0.4, -0.2) is 34.6 Å². The number of rotatable bonds is 2. The number of hydrogen-bond donors (Lipinski definition) is 2. The molecule has 2 N–H and O–H groups in total. The second-order valence-corrected chi connectivity index (χ2v) is 5.82. The molecule has 1 saturated heterocycles. The van der Waals surface area contributed by atoms with Crippen LogP contribution in [0.2, 0.25) is 0 Å². The third-order valence-electron chi connectivity index (χ3n) is 3.79. The summed E-state index contributed by atoms with van der Waals surface area (Å²) in [5.74, 6) is -0.946. The van der Waals surface area contributed by atoms with Crippen LogP contribution in [0.5, 0.6) is 0 Å². The summed E-state index contributed by atoms with van der Waals surface area (Å²) in [4.78, 5) is 25.3. The van der Waals surface area contributed by atoms with Gasteiger partial charge < -0.3 is 15.3 Å². The average molecular weight is 276 g/mol. The molecule has 1 fully saturated rings. The molecule has 0 spiro atoms. The SMILES string of the molecule is CC1(C)CCCN(C(=O)Nc2ccccc2)C1C(=O)O. The third-order valence-corrected chi connectivity index (χ3v) is 3.79. The van der Waals surface area contributed by atoms with Crippen LogP contribution in [0.3, 0.4) is 0 Å². The number of piperidine rings is 1. The number of nitrogens with zero attached hydrogens (tertiary/aromatic N) is 1. The number of carbonyl (C=O) groups excluding carboxylic acids is 1. The molecule has 20 heavy (non-hydrogen) atoms. The minimum Gasteiger partial charge on any atom is -0.480 e. The lowest BCUT2D eigenvalue weighted by atomic mass is 9.76. The molecule has 5 heteroatoms. The van der Waals surface area contributed by atoms with Crippen LogP contribution in [-0.2, 0) is 4.79 Å². The second-order valence-electron chi connectivity index (χ2n) is 5.82. The molecule has 1 aromatic rings. The normalized spacial score (nSPS) is 21.3. The number of benzene rings is 1. The van der Waals surface area contributed by atoms with E-state index in [0.29, 0.717) is 12.2 Å². The fourth-order valence-corrected chi connectivity index (χ4v) is 2.80. The van der Waals surface area contributed by atoms with E-state index in [4.69, 9.17) is 0 Å². The van der Waals surface area contributed by atoms with Crippen molar-refractivity contribution in [1.29, 1.82) is 0 Å². The molecular weight excluding hydrogens is 256 g/mol. The number of urea groups is 1. The molecule has 1 aromatic carbocycles. The molecule has 0 saturated carbocycles. The quantitative estimate of drug-likeness (QED) is 0.872. The topological polar surface area (TPSA) is 69.6 Å². The number of anilines is 1. The first-order valence-corrected chi connectivity index (χ1v) is 6.77. The molecule has 0 aliphatic carbocycles. The predicted molar refractivity (Wildman–Crippen MR) is 76.6 cm³/mol. The first kappa shape index (κ1) is 14.4. The van der Waals surface area contributed by atoms with Crippen molar-refractivity contribution < 1.29 is 14.7 Å². The number of amides is 2. The zero-order valence-electron chi connectivity index (χ0n) is 11.8. The van der Waals surface area contributed by atoms with Gasteiger partial charge in [0.2, 0.25) is 0 Å². The third kappa shape index (κ3) is 2.92. The summed E-state index contributed by atoms with van der Waals surface area (Å²) in [7, 11) is 0. The van der Waals surface area contributed by atoms with Crippen molar-refractivity contribution >= 4 is 17.7 Å². The minimum absolute atomic E-state index is 0.351. The maximum atomic E-state index is 12.3. The Morgan fingerprint density at radius 2 is 1.95 bits per heavy atom. The zero-order chi connectivity index (χ0) is 14.8. The van der Waals surface area contributed by atoms with Crippen LogP contribution in [0.4, 0.5) is 10.5 Å². The number of carbonyl (C=O) groups is 2. The van der Waals surface area contributed by atoms with Crippen molar-refractivity contribution in [3.63, 3.8) is 0 Å². The summed E-state index contributed by atoms with van der Waals surface area (Å²) in [5.41, 5.74) is 0.253. The second kappa shape index (κ2) is 5.53. The molecule has 1 unspecified atom stereocenters. The van der Waals surface area contributed by atoms with Crippen molar-refractivity contribution in [3.8, 4) is 0 Å². The maximum Gasteiger partial charge on any atom is 0.327 e. The lowest BCUT2D eigenvalue weighted by molar-refractivity contribution is -0.148. The molecule has 1 atom stereocenters. The Bertz CT molecular complexity index is 499. The molecule has 108 valence electrons. The van der Waals surface area contributed by atoms with Gasteiger partial charge in [0.25, 0.3) is 0 Å². The highest BCUT2D eigenvalue weighted by Crippen LogP contribution is 2.35. The van der Waals surface area contributed by atoms with Gasteiger partial charge in [0.15, 0.2) is 0 Å². The van der Waals surface area contributed by atoms with Crippen molar-refractivity contribution in [1.82, 2.24) is 4.90 Å². The Hall–Kier alpha value is -2.04. The van der Waals surface area contributed by atoms with E-state index in [0.717, 1.165) is 12.8 Å². The van der Waals surface area contributed by atoms with E-state index < -0.39 is 17.4 Å². The van der Waals surface area contributed by atoms with Crippen LogP contribution in [0.25, 0.3) is 0 Å². The van der Waals surface area contributed by atoms with Crippen LogP contribution >= 0.6 is 0 Å². The maximum absolute atomic E-state index is 12.3. The molecule has 2 rings (SSSR count). The van der Waals surface area contributed by atoms with Crippen LogP contribution in [0.15, 0.2) is 30.3 Å². The van der Waals surface area contributed by atoms with E-state index in [9.17, 15) is 14.7 Å². The number of nitrogens with one attached hydrogen (secondary N) is 1. The molecule has 0 aromatic heterocycles.